The fourth-order valence-corrected chi connectivity index (χ4v) is 5.54. The van der Waals surface area contributed by atoms with Crippen molar-refractivity contribution in [2.24, 2.45) is 0 Å². The number of aromatic nitrogens is 2. The van der Waals surface area contributed by atoms with E-state index >= 15 is 0 Å². The molecule has 1 N–H and O–H groups in total. The molecule has 0 atom stereocenters. The summed E-state index contributed by atoms with van der Waals surface area (Å²) in [5.74, 6) is 1.48. The normalized spacial score (nSPS) is 16.0. The van der Waals surface area contributed by atoms with Gasteiger partial charge in [0, 0.05) is 37.6 Å². The van der Waals surface area contributed by atoms with Crippen molar-refractivity contribution in [3.05, 3.63) is 71.4 Å². The summed E-state index contributed by atoms with van der Waals surface area (Å²) in [6.07, 6.45) is 4.74. The minimum absolute atomic E-state index is 0.0613. The summed E-state index contributed by atoms with van der Waals surface area (Å²) in [6, 6.07) is 14.4. The maximum Gasteiger partial charge on any atom is 0.230 e. The van der Waals surface area contributed by atoms with Gasteiger partial charge in [0.15, 0.2) is 9.84 Å². The van der Waals surface area contributed by atoms with Crippen LogP contribution in [0.2, 0.25) is 0 Å². The predicted octanol–water partition coefficient (Wildman–Crippen LogP) is 4.08. The van der Waals surface area contributed by atoms with Crippen molar-refractivity contribution in [2.45, 2.75) is 18.2 Å². The fourth-order valence-electron chi connectivity index (χ4n) is 4.22. The zero-order valence-electron chi connectivity index (χ0n) is 19.6. The number of hydrogen-bond donors (Lipinski definition) is 1. The summed E-state index contributed by atoms with van der Waals surface area (Å²) < 4.78 is 37.1. The predicted molar refractivity (Wildman–Crippen MR) is 135 cm³/mol. The minimum atomic E-state index is -3.43. The van der Waals surface area contributed by atoms with Gasteiger partial charge in [-0.1, -0.05) is 23.8 Å². The Morgan fingerprint density at radius 1 is 1.11 bits per heavy atom. The average Bonchev–Trinajstić information content (AvgIpc) is 3.23. The van der Waals surface area contributed by atoms with E-state index in [1.54, 1.807) is 36.5 Å². The van der Waals surface area contributed by atoms with Gasteiger partial charge in [0.2, 0.25) is 11.8 Å². The van der Waals surface area contributed by atoms with Crippen molar-refractivity contribution >= 4 is 27.5 Å². The molecular weight excluding hydrogens is 464 g/mol. The molecule has 0 saturated carbocycles. The van der Waals surface area contributed by atoms with Gasteiger partial charge in [-0.3, -0.25) is 4.90 Å². The number of nitrogens with zero attached hydrogens (tertiary/aromatic N) is 3. The molecule has 1 aliphatic heterocycles. The number of nitrogens with one attached hydrogen (secondary N) is 1. The quantitative estimate of drug-likeness (QED) is 0.503. The zero-order chi connectivity index (χ0) is 24.3. The van der Waals surface area contributed by atoms with Crippen LogP contribution in [0.1, 0.15) is 18.1 Å². The Bertz CT molecular complexity index is 1350. The van der Waals surface area contributed by atoms with E-state index in [-0.39, 0.29) is 10.6 Å². The number of anilines is 2. The summed E-state index contributed by atoms with van der Waals surface area (Å²) in [5, 5.41) is 3.09. The molecule has 1 aromatic heterocycles. The molecule has 1 fully saturated rings. The van der Waals surface area contributed by atoms with Gasteiger partial charge in [0.05, 0.1) is 23.9 Å². The Kier molecular flexibility index (Phi) is 6.81. The van der Waals surface area contributed by atoms with Crippen LogP contribution in [0.5, 0.6) is 11.6 Å². The van der Waals surface area contributed by atoms with Crippen molar-refractivity contribution in [1.82, 2.24) is 14.9 Å². The smallest absolute Gasteiger partial charge is 0.230 e. The zero-order valence-corrected chi connectivity index (χ0v) is 20.4. The first-order valence-electron chi connectivity index (χ1n) is 11.7. The number of fused-ring (bicyclic) bond motifs is 1. The first-order chi connectivity index (χ1) is 16.9. The molecule has 5 rings (SSSR count). The number of hydrogen-bond acceptors (Lipinski definition) is 8. The summed E-state index contributed by atoms with van der Waals surface area (Å²) >= 11 is 0. The second kappa shape index (κ2) is 10.2. The van der Waals surface area contributed by atoms with Gasteiger partial charge in [0.1, 0.15) is 5.75 Å². The van der Waals surface area contributed by atoms with E-state index in [0.29, 0.717) is 43.0 Å². The Morgan fingerprint density at radius 2 is 1.97 bits per heavy atom. The van der Waals surface area contributed by atoms with Gasteiger partial charge in [-0.2, -0.15) is 4.98 Å². The Labute approximate surface area is 205 Å². The molecule has 0 radical (unpaired) electrons. The molecule has 182 valence electrons. The molecular formula is C26H28N4O4S. The van der Waals surface area contributed by atoms with E-state index in [1.807, 2.05) is 12.1 Å². The lowest BCUT2D eigenvalue weighted by atomic mass is 10.1. The Hall–Kier alpha value is -3.27. The van der Waals surface area contributed by atoms with Crippen LogP contribution in [0.15, 0.2) is 65.2 Å². The summed E-state index contributed by atoms with van der Waals surface area (Å²) in [4.78, 5) is 11.1. The molecule has 9 heteroatoms. The SMILES string of the molecule is CC1=Cc2cc(Oc3ccnc(Nc4cccc(S(=O)(=O)CCN5CCOCC5)c4)n3)ccc2C1. The molecule has 8 nitrogen and oxygen atoms in total. The van der Waals surface area contributed by atoms with Crippen LogP contribution in [0.25, 0.3) is 6.08 Å². The lowest BCUT2D eigenvalue weighted by Crippen LogP contribution is -2.39. The molecule has 1 aliphatic carbocycles. The molecule has 2 heterocycles. The second-order valence-corrected chi connectivity index (χ2v) is 10.9. The van der Waals surface area contributed by atoms with Crippen molar-refractivity contribution in [3.8, 4) is 11.6 Å². The number of rotatable bonds is 8. The van der Waals surface area contributed by atoms with Crippen LogP contribution < -0.4 is 10.1 Å². The molecule has 0 unspecified atom stereocenters. The lowest BCUT2D eigenvalue weighted by Gasteiger charge is -2.26. The van der Waals surface area contributed by atoms with Gasteiger partial charge in [-0.25, -0.2) is 13.4 Å². The van der Waals surface area contributed by atoms with Crippen molar-refractivity contribution in [2.75, 3.05) is 43.9 Å². The van der Waals surface area contributed by atoms with Crippen LogP contribution >= 0.6 is 0 Å². The average molecular weight is 493 g/mol. The van der Waals surface area contributed by atoms with E-state index in [9.17, 15) is 8.42 Å². The van der Waals surface area contributed by atoms with Gasteiger partial charge in [-0.15, -0.1) is 0 Å². The fraction of sp³-hybridized carbons (Fsp3) is 0.308. The Balaban J connectivity index is 1.25. The molecule has 3 aromatic rings. The molecule has 0 bridgehead atoms. The molecule has 2 aliphatic rings. The van der Waals surface area contributed by atoms with Gasteiger partial charge >= 0.3 is 0 Å². The van der Waals surface area contributed by atoms with E-state index < -0.39 is 9.84 Å². The van der Waals surface area contributed by atoms with E-state index in [4.69, 9.17) is 9.47 Å². The highest BCUT2D eigenvalue weighted by atomic mass is 32.2. The maximum atomic E-state index is 12.9. The van der Waals surface area contributed by atoms with Crippen molar-refractivity contribution < 1.29 is 17.9 Å². The summed E-state index contributed by atoms with van der Waals surface area (Å²) in [7, 11) is -3.43. The summed E-state index contributed by atoms with van der Waals surface area (Å²) in [6.45, 7) is 5.41. The van der Waals surface area contributed by atoms with Crippen molar-refractivity contribution in [3.63, 3.8) is 0 Å². The second-order valence-electron chi connectivity index (χ2n) is 8.77. The molecule has 35 heavy (non-hydrogen) atoms. The maximum absolute atomic E-state index is 12.9. The van der Waals surface area contributed by atoms with Gasteiger partial charge < -0.3 is 14.8 Å². The van der Waals surface area contributed by atoms with Crippen LogP contribution in [0, 0.1) is 0 Å². The van der Waals surface area contributed by atoms with Crippen molar-refractivity contribution in [1.29, 1.82) is 0 Å². The Morgan fingerprint density at radius 3 is 2.83 bits per heavy atom. The third-order valence-corrected chi connectivity index (χ3v) is 7.76. The number of benzene rings is 2. The minimum Gasteiger partial charge on any atom is -0.439 e. The number of morpholine rings is 1. The first kappa shape index (κ1) is 23.5. The van der Waals surface area contributed by atoms with E-state index in [1.165, 1.54) is 16.7 Å². The van der Waals surface area contributed by atoms with E-state index in [0.717, 1.165) is 19.5 Å². The van der Waals surface area contributed by atoms with Gasteiger partial charge in [-0.05, 0) is 54.8 Å². The number of allylic oxidation sites excluding steroid dienone is 1. The molecule has 0 amide bonds. The summed E-state index contributed by atoms with van der Waals surface area (Å²) in [5.41, 5.74) is 4.38. The first-order valence-corrected chi connectivity index (χ1v) is 13.3. The monoisotopic (exact) mass is 492 g/mol. The van der Waals surface area contributed by atoms with E-state index in [2.05, 4.69) is 39.3 Å². The van der Waals surface area contributed by atoms with Crippen LogP contribution in [0.4, 0.5) is 11.6 Å². The topological polar surface area (TPSA) is 93.6 Å². The highest BCUT2D eigenvalue weighted by Gasteiger charge is 2.19. The standard InChI is InChI=1S/C26H28N4O4S/c1-19-15-20-5-6-23(17-21(20)16-19)34-25-7-8-27-26(29-25)28-22-3-2-4-24(18-22)35(31,32)14-11-30-9-12-33-13-10-30/h2-8,16-18H,9-15H2,1H3,(H,27,28,29). The third kappa shape index (κ3) is 5.87. The number of ether oxygens (including phenoxy) is 2. The highest BCUT2D eigenvalue weighted by Crippen LogP contribution is 2.30. The van der Waals surface area contributed by atoms with Gasteiger partial charge in [0.25, 0.3) is 0 Å². The number of sulfone groups is 1. The van der Waals surface area contributed by atoms with Crippen LogP contribution in [-0.4, -0.2) is 61.9 Å². The molecule has 0 spiro atoms. The van der Waals surface area contributed by atoms with Crippen LogP contribution in [-0.2, 0) is 21.0 Å². The molecule has 2 aromatic carbocycles. The molecule has 1 saturated heterocycles. The largest absolute Gasteiger partial charge is 0.439 e. The highest BCUT2D eigenvalue weighted by molar-refractivity contribution is 7.91. The third-order valence-electron chi connectivity index (χ3n) is 6.07. The lowest BCUT2D eigenvalue weighted by molar-refractivity contribution is 0.0408. The van der Waals surface area contributed by atoms with Crippen LogP contribution in [0.3, 0.4) is 0 Å².